The maximum Gasteiger partial charge on any atom is 0.192 e. The maximum absolute atomic E-state index is 11.5. The number of hydrogen-bond donors (Lipinski definition) is 1. The summed E-state index contributed by atoms with van der Waals surface area (Å²) in [6.45, 7) is 10.1. The van der Waals surface area contributed by atoms with Crippen LogP contribution >= 0.6 is 11.8 Å². The minimum atomic E-state index is -0.475. The molecule has 0 unspecified atom stereocenters. The maximum atomic E-state index is 11.5. The van der Waals surface area contributed by atoms with Crippen LogP contribution in [0.4, 0.5) is 0 Å². The Morgan fingerprint density at radius 1 is 1.36 bits per heavy atom. The first kappa shape index (κ1) is 14.0. The molecule has 0 aliphatic heterocycles. The molecule has 0 fully saturated rings. The Labute approximate surface area is 91.5 Å². The van der Waals surface area contributed by atoms with Gasteiger partial charge in [0.1, 0.15) is 0 Å². The van der Waals surface area contributed by atoms with Gasteiger partial charge in [-0.05, 0) is 12.3 Å². The number of aliphatic hydroxyl groups excluding tert-OH is 1. The molecule has 14 heavy (non-hydrogen) atoms. The van der Waals surface area contributed by atoms with E-state index in [1.165, 1.54) is 11.8 Å². The van der Waals surface area contributed by atoms with Crippen LogP contribution in [0, 0.1) is 5.92 Å². The van der Waals surface area contributed by atoms with E-state index in [4.69, 9.17) is 0 Å². The number of carbonyl (C=O) groups is 1. The van der Waals surface area contributed by atoms with Crippen LogP contribution in [0.3, 0.4) is 0 Å². The Kier molecular flexibility index (Phi) is 5.75. The van der Waals surface area contributed by atoms with Crippen molar-refractivity contribution in [3.8, 4) is 0 Å². The van der Waals surface area contributed by atoms with Gasteiger partial charge in [0.05, 0.1) is 6.10 Å². The molecule has 0 amide bonds. The summed E-state index contributed by atoms with van der Waals surface area (Å²) in [5, 5.41) is 9.64. The van der Waals surface area contributed by atoms with Gasteiger partial charge in [0.25, 0.3) is 0 Å². The average Bonchev–Trinajstić information content (AvgIpc) is 1.77. The second-order valence-corrected chi connectivity index (χ2v) is 6.96. The predicted octanol–water partition coefficient (Wildman–Crippen LogP) is 2.84. The van der Waals surface area contributed by atoms with Crippen molar-refractivity contribution in [3.63, 3.8) is 0 Å². The van der Waals surface area contributed by atoms with E-state index in [0.717, 1.165) is 0 Å². The Balaban J connectivity index is 3.83. The lowest BCUT2D eigenvalue weighted by Crippen LogP contribution is -2.18. The minimum absolute atomic E-state index is 0.0470. The SMILES string of the molecule is CC(C)C[C@H](O)CC(=O)SC(C)(C)C. The van der Waals surface area contributed by atoms with Crippen LogP contribution in [0.2, 0.25) is 0 Å². The summed E-state index contributed by atoms with van der Waals surface area (Å²) in [5.74, 6) is 0.442. The van der Waals surface area contributed by atoms with Gasteiger partial charge >= 0.3 is 0 Å². The summed E-state index contributed by atoms with van der Waals surface area (Å²) in [6.07, 6.45) is 0.508. The van der Waals surface area contributed by atoms with Crippen LogP contribution in [0.1, 0.15) is 47.5 Å². The minimum Gasteiger partial charge on any atom is -0.393 e. The first-order valence-corrected chi connectivity index (χ1v) is 5.92. The van der Waals surface area contributed by atoms with Gasteiger partial charge in [0, 0.05) is 11.2 Å². The molecule has 2 nitrogen and oxygen atoms in total. The van der Waals surface area contributed by atoms with E-state index in [1.54, 1.807) is 0 Å². The van der Waals surface area contributed by atoms with Crippen LogP contribution in [0.5, 0.6) is 0 Å². The molecule has 0 heterocycles. The van der Waals surface area contributed by atoms with Gasteiger partial charge in [-0.2, -0.15) is 0 Å². The Hall–Kier alpha value is -0.0200. The van der Waals surface area contributed by atoms with Crippen LogP contribution in [0.15, 0.2) is 0 Å². The van der Waals surface area contributed by atoms with E-state index in [0.29, 0.717) is 12.3 Å². The van der Waals surface area contributed by atoms with Gasteiger partial charge in [-0.25, -0.2) is 0 Å². The Morgan fingerprint density at radius 2 is 1.86 bits per heavy atom. The van der Waals surface area contributed by atoms with Gasteiger partial charge < -0.3 is 5.11 Å². The highest BCUT2D eigenvalue weighted by Crippen LogP contribution is 2.26. The summed E-state index contributed by atoms with van der Waals surface area (Å²) in [6, 6.07) is 0. The summed E-state index contributed by atoms with van der Waals surface area (Å²) < 4.78 is -0.0470. The van der Waals surface area contributed by atoms with Crippen molar-refractivity contribution in [2.45, 2.75) is 58.3 Å². The summed E-state index contributed by atoms with van der Waals surface area (Å²) in [7, 11) is 0. The quantitative estimate of drug-likeness (QED) is 0.788. The van der Waals surface area contributed by atoms with Crippen LogP contribution < -0.4 is 0 Å². The number of carbonyl (C=O) groups excluding carboxylic acids is 1. The molecule has 0 radical (unpaired) electrons. The fraction of sp³-hybridized carbons (Fsp3) is 0.909. The molecular weight excluding hydrogens is 196 g/mol. The fourth-order valence-electron chi connectivity index (χ4n) is 1.20. The van der Waals surface area contributed by atoms with Crippen molar-refractivity contribution in [1.82, 2.24) is 0 Å². The van der Waals surface area contributed by atoms with Gasteiger partial charge in [0.2, 0.25) is 0 Å². The largest absolute Gasteiger partial charge is 0.393 e. The number of thioether (sulfide) groups is 1. The van der Waals surface area contributed by atoms with E-state index in [-0.39, 0.29) is 16.3 Å². The Bertz CT molecular complexity index is 182. The molecule has 0 saturated heterocycles. The Morgan fingerprint density at radius 3 is 2.21 bits per heavy atom. The predicted molar refractivity (Wildman–Crippen MR) is 62.4 cm³/mol. The van der Waals surface area contributed by atoms with Crippen LogP contribution in [-0.4, -0.2) is 21.1 Å². The topological polar surface area (TPSA) is 37.3 Å². The molecule has 1 atom stereocenters. The zero-order valence-electron chi connectivity index (χ0n) is 9.83. The van der Waals surface area contributed by atoms with Crippen LogP contribution in [0.25, 0.3) is 0 Å². The van der Waals surface area contributed by atoms with E-state index < -0.39 is 6.10 Å². The first-order valence-electron chi connectivity index (χ1n) is 5.10. The van der Waals surface area contributed by atoms with Crippen molar-refractivity contribution in [3.05, 3.63) is 0 Å². The molecule has 0 aromatic heterocycles. The van der Waals surface area contributed by atoms with Crippen LogP contribution in [-0.2, 0) is 4.79 Å². The van der Waals surface area contributed by atoms with Gasteiger partial charge in [-0.3, -0.25) is 4.79 Å². The lowest BCUT2D eigenvalue weighted by molar-refractivity contribution is -0.112. The lowest BCUT2D eigenvalue weighted by atomic mass is 10.0. The zero-order chi connectivity index (χ0) is 11.4. The molecule has 0 aromatic carbocycles. The summed E-state index contributed by atoms with van der Waals surface area (Å²) in [5.41, 5.74) is 0. The summed E-state index contributed by atoms with van der Waals surface area (Å²) in [4.78, 5) is 11.5. The van der Waals surface area contributed by atoms with Crippen molar-refractivity contribution >= 4 is 16.9 Å². The molecule has 0 rings (SSSR count). The highest BCUT2D eigenvalue weighted by Gasteiger charge is 2.19. The normalized spacial score (nSPS) is 14.5. The van der Waals surface area contributed by atoms with E-state index in [2.05, 4.69) is 0 Å². The summed E-state index contributed by atoms with van der Waals surface area (Å²) >= 11 is 1.31. The average molecular weight is 218 g/mol. The van der Waals surface area contributed by atoms with Gasteiger partial charge in [-0.15, -0.1) is 0 Å². The number of aliphatic hydroxyl groups is 1. The van der Waals surface area contributed by atoms with Crippen molar-refractivity contribution in [2.24, 2.45) is 5.92 Å². The zero-order valence-corrected chi connectivity index (χ0v) is 10.6. The second-order valence-electron chi connectivity index (χ2n) is 5.07. The third-order valence-corrected chi connectivity index (χ3v) is 2.57. The highest BCUT2D eigenvalue weighted by molar-refractivity contribution is 8.14. The monoisotopic (exact) mass is 218 g/mol. The molecule has 0 spiro atoms. The standard InChI is InChI=1S/C11H22O2S/c1-8(2)6-9(12)7-10(13)14-11(3,4)5/h8-9,12H,6-7H2,1-5H3/t9-/m0/s1. The molecule has 0 aromatic rings. The number of rotatable bonds is 4. The number of hydrogen-bond acceptors (Lipinski definition) is 3. The van der Waals surface area contributed by atoms with Crippen molar-refractivity contribution in [1.29, 1.82) is 0 Å². The third kappa shape index (κ3) is 8.57. The molecule has 0 aliphatic rings. The highest BCUT2D eigenvalue weighted by atomic mass is 32.2. The van der Waals surface area contributed by atoms with E-state index in [9.17, 15) is 9.90 Å². The molecule has 3 heteroatoms. The van der Waals surface area contributed by atoms with E-state index >= 15 is 0 Å². The fourth-order valence-corrected chi connectivity index (χ4v) is 2.16. The molecule has 0 bridgehead atoms. The van der Waals surface area contributed by atoms with Gasteiger partial charge in [-0.1, -0.05) is 46.4 Å². The molecular formula is C11H22O2S. The molecule has 84 valence electrons. The van der Waals surface area contributed by atoms with Gasteiger partial charge in [0.15, 0.2) is 5.12 Å². The van der Waals surface area contributed by atoms with Crippen molar-refractivity contribution < 1.29 is 9.90 Å². The molecule has 1 N–H and O–H groups in total. The second kappa shape index (κ2) is 5.76. The third-order valence-electron chi connectivity index (χ3n) is 1.57. The smallest absolute Gasteiger partial charge is 0.192 e. The lowest BCUT2D eigenvalue weighted by Gasteiger charge is -2.18. The van der Waals surface area contributed by atoms with Crippen molar-refractivity contribution in [2.75, 3.05) is 0 Å². The molecule has 0 saturated carbocycles. The van der Waals surface area contributed by atoms with E-state index in [1.807, 2.05) is 34.6 Å². The first-order chi connectivity index (χ1) is 6.20. The molecule has 0 aliphatic carbocycles.